The molecule has 0 spiro atoms. The van der Waals surface area contributed by atoms with Gasteiger partial charge in [-0.3, -0.25) is 9.59 Å². The van der Waals surface area contributed by atoms with Gasteiger partial charge in [0.25, 0.3) is 0 Å². The number of carbonyl (C=O) groups excluding carboxylic acids is 3. The number of hydrogen-bond acceptors (Lipinski definition) is 8. The highest BCUT2D eigenvalue weighted by atomic mass is 16.7. The lowest BCUT2D eigenvalue weighted by Crippen LogP contribution is -2.44. The van der Waals surface area contributed by atoms with E-state index in [0.29, 0.717) is 17.4 Å². The molecule has 2 unspecified atom stereocenters. The van der Waals surface area contributed by atoms with Gasteiger partial charge >= 0.3 is 11.9 Å². The second-order valence-corrected chi connectivity index (χ2v) is 23.0. The Balaban J connectivity index is 4.04. The molecule has 0 aromatic carbocycles. The van der Waals surface area contributed by atoms with Crippen LogP contribution in [0.1, 0.15) is 284 Å². The Morgan fingerprint density at radius 3 is 1.08 bits per heavy atom. The topological polar surface area (TPSA) is 111 Å². The molecule has 0 saturated carbocycles. The number of aliphatic carboxylic acids is 1. The monoisotopic (exact) mass is 1110 g/mol. The van der Waals surface area contributed by atoms with Crippen LogP contribution >= 0.6 is 0 Å². The van der Waals surface area contributed by atoms with Crippen LogP contribution in [-0.2, 0) is 33.3 Å². The van der Waals surface area contributed by atoms with Gasteiger partial charge in [0, 0.05) is 12.8 Å². The molecule has 0 bridgehead atoms. The van der Waals surface area contributed by atoms with Crippen LogP contribution in [0.5, 0.6) is 0 Å². The fourth-order valence-electron chi connectivity index (χ4n) is 9.12. The Hall–Kier alpha value is -3.53. The number of likely N-dealkylation sites (N-methyl/N-ethyl adjacent to an activating group) is 1. The molecule has 0 aliphatic heterocycles. The third-order valence-corrected chi connectivity index (χ3v) is 14.1. The number of carboxylic acid groups (broad SMARTS) is 1. The molecule has 0 amide bonds. The van der Waals surface area contributed by atoms with E-state index in [1.165, 1.54) is 167 Å². The zero-order valence-corrected chi connectivity index (χ0v) is 52.0. The molecule has 79 heavy (non-hydrogen) atoms. The molecule has 9 nitrogen and oxygen atoms in total. The smallest absolute Gasteiger partial charge is 0.306 e. The first-order valence-corrected chi connectivity index (χ1v) is 32.7. The summed E-state index contributed by atoms with van der Waals surface area (Å²) in [5.41, 5.74) is 0. The first-order valence-electron chi connectivity index (χ1n) is 32.7. The first-order chi connectivity index (χ1) is 38.6. The summed E-state index contributed by atoms with van der Waals surface area (Å²) >= 11 is 0. The minimum atomic E-state index is -1.62. The quantitative estimate of drug-likeness (QED) is 0.0195. The fraction of sp³-hybridized carbons (Fsp3) is 0.757. The number of rotatable bonds is 60. The van der Waals surface area contributed by atoms with Crippen molar-refractivity contribution in [2.45, 2.75) is 296 Å². The number of hydrogen-bond donors (Lipinski definition) is 0. The predicted octanol–water partition coefficient (Wildman–Crippen LogP) is 18.6. The number of carbonyl (C=O) groups is 3. The molecule has 0 aliphatic carbocycles. The van der Waals surface area contributed by atoms with Gasteiger partial charge in [0.2, 0.25) is 0 Å². The van der Waals surface area contributed by atoms with Crippen molar-refractivity contribution in [3.05, 3.63) is 85.1 Å². The highest BCUT2D eigenvalue weighted by molar-refractivity contribution is 5.70. The number of esters is 2. The van der Waals surface area contributed by atoms with Crippen molar-refractivity contribution >= 4 is 17.9 Å². The van der Waals surface area contributed by atoms with Crippen LogP contribution in [0.25, 0.3) is 0 Å². The summed E-state index contributed by atoms with van der Waals surface area (Å²) in [6.45, 7) is 4.62. The van der Waals surface area contributed by atoms with E-state index in [4.69, 9.17) is 18.9 Å². The average Bonchev–Trinajstić information content (AvgIpc) is 3.42. The van der Waals surface area contributed by atoms with Gasteiger partial charge in [-0.1, -0.05) is 266 Å². The number of carboxylic acids is 1. The Morgan fingerprint density at radius 2 is 0.722 bits per heavy atom. The molecule has 0 N–H and O–H groups in total. The Kier molecular flexibility index (Phi) is 57.9. The van der Waals surface area contributed by atoms with E-state index >= 15 is 0 Å². The maximum Gasteiger partial charge on any atom is 0.306 e. The average molecular weight is 1110 g/mol. The SMILES string of the molecule is CC/C=C\C/C=C\C/C=C\C/C=C\C/C=C\CCCCCCCCCCCCCCCCCCCCCCCC(=O)OC(COC(=O)CCCCCCCCC/C=C\C/C=C\CCCCC)COC(OCC[N+](C)(C)C)C(=O)[O-]. The molecule has 456 valence electrons. The molecule has 0 aliphatic rings. The standard InChI is InChI=1S/C70H123NO8/c1-6-8-10-12-14-16-18-20-22-24-25-26-27-28-29-30-31-32-33-34-35-36-37-38-39-40-41-42-43-45-47-49-51-53-55-57-59-61-68(73)79-66(65-78-70(69(74)75)76-63-62-71(3,4)5)64-77-67(72)60-58-56-54-52-50-48-46-44-23-21-19-17-15-13-11-9-7-2/h8,10,14-17,20-23,25-26,28-29,66,70H,6-7,9,11-13,18-19,24,27,30-65H2,1-5H3/b10-8-,16-14-,17-15-,22-20-,23-21-,26-25-,29-28-. The molecule has 0 fully saturated rings. The molecule has 0 aromatic heterocycles. The second kappa shape index (κ2) is 60.6. The van der Waals surface area contributed by atoms with E-state index in [0.717, 1.165) is 83.5 Å². The zero-order chi connectivity index (χ0) is 57.6. The van der Waals surface area contributed by atoms with Crippen LogP contribution < -0.4 is 5.11 Å². The Labute approximate surface area is 487 Å². The van der Waals surface area contributed by atoms with E-state index in [2.05, 4.69) is 98.9 Å². The summed E-state index contributed by atoms with van der Waals surface area (Å²) in [6, 6.07) is 0. The van der Waals surface area contributed by atoms with Crippen LogP contribution in [0.2, 0.25) is 0 Å². The van der Waals surface area contributed by atoms with E-state index in [-0.39, 0.29) is 38.6 Å². The van der Waals surface area contributed by atoms with Crippen molar-refractivity contribution in [3.63, 3.8) is 0 Å². The summed E-state index contributed by atoms with van der Waals surface area (Å²) in [6.07, 6.45) is 78.0. The number of nitrogens with zero attached hydrogens (tertiary/aromatic N) is 1. The summed E-state index contributed by atoms with van der Waals surface area (Å²) in [7, 11) is 5.93. The van der Waals surface area contributed by atoms with Gasteiger partial charge in [-0.15, -0.1) is 0 Å². The van der Waals surface area contributed by atoms with Crippen LogP contribution in [0.3, 0.4) is 0 Å². The lowest BCUT2D eigenvalue weighted by atomic mass is 10.0. The van der Waals surface area contributed by atoms with Crippen molar-refractivity contribution in [2.24, 2.45) is 0 Å². The summed E-state index contributed by atoms with van der Waals surface area (Å²) in [5, 5.41) is 11.8. The maximum absolute atomic E-state index is 12.9. The van der Waals surface area contributed by atoms with Gasteiger partial charge < -0.3 is 33.3 Å². The van der Waals surface area contributed by atoms with Crippen molar-refractivity contribution in [1.82, 2.24) is 0 Å². The highest BCUT2D eigenvalue weighted by Crippen LogP contribution is 2.17. The molecule has 0 saturated heterocycles. The van der Waals surface area contributed by atoms with Gasteiger partial charge in [-0.05, 0) is 89.9 Å². The normalized spacial score (nSPS) is 13.3. The second-order valence-electron chi connectivity index (χ2n) is 23.0. The summed E-state index contributed by atoms with van der Waals surface area (Å²) < 4.78 is 22.7. The number of quaternary nitrogens is 1. The number of allylic oxidation sites excluding steroid dienone is 14. The Bertz CT molecular complexity index is 1570. The first kappa shape index (κ1) is 75.5. The van der Waals surface area contributed by atoms with E-state index in [9.17, 15) is 19.5 Å². The van der Waals surface area contributed by atoms with Gasteiger partial charge in [-0.2, -0.15) is 0 Å². The van der Waals surface area contributed by atoms with E-state index < -0.39 is 24.3 Å². The molecule has 0 radical (unpaired) electrons. The summed E-state index contributed by atoms with van der Waals surface area (Å²) in [4.78, 5) is 37.4. The molecular formula is C70H123NO8. The Morgan fingerprint density at radius 1 is 0.392 bits per heavy atom. The highest BCUT2D eigenvalue weighted by Gasteiger charge is 2.22. The maximum atomic E-state index is 12.9. The fourth-order valence-corrected chi connectivity index (χ4v) is 9.12. The minimum absolute atomic E-state index is 0.145. The van der Waals surface area contributed by atoms with E-state index in [1.54, 1.807) is 0 Å². The van der Waals surface area contributed by atoms with Gasteiger partial charge in [0.05, 0.1) is 40.3 Å². The van der Waals surface area contributed by atoms with Crippen LogP contribution in [-0.4, -0.2) is 82.3 Å². The molecule has 2 atom stereocenters. The largest absolute Gasteiger partial charge is 0.545 e. The lowest BCUT2D eigenvalue weighted by molar-refractivity contribution is -0.870. The van der Waals surface area contributed by atoms with E-state index in [1.807, 2.05) is 21.1 Å². The van der Waals surface area contributed by atoms with Crippen LogP contribution in [0, 0.1) is 0 Å². The molecule has 0 aromatic rings. The van der Waals surface area contributed by atoms with Crippen LogP contribution in [0.15, 0.2) is 85.1 Å². The molecular weight excluding hydrogens is 983 g/mol. The minimum Gasteiger partial charge on any atom is -0.545 e. The predicted molar refractivity (Wildman–Crippen MR) is 334 cm³/mol. The number of ether oxygens (including phenoxy) is 4. The van der Waals surface area contributed by atoms with Crippen LogP contribution in [0.4, 0.5) is 0 Å². The number of unbranched alkanes of at least 4 members (excludes halogenated alkanes) is 31. The molecule has 9 heteroatoms. The molecule has 0 heterocycles. The van der Waals surface area contributed by atoms with Crippen molar-refractivity contribution < 1.29 is 42.9 Å². The van der Waals surface area contributed by atoms with Gasteiger partial charge in [-0.25, -0.2) is 0 Å². The zero-order valence-electron chi connectivity index (χ0n) is 52.0. The van der Waals surface area contributed by atoms with Gasteiger partial charge in [0.1, 0.15) is 13.2 Å². The van der Waals surface area contributed by atoms with Gasteiger partial charge in [0.15, 0.2) is 12.4 Å². The van der Waals surface area contributed by atoms with Crippen molar-refractivity contribution in [2.75, 3.05) is 47.5 Å². The summed E-state index contributed by atoms with van der Waals surface area (Å²) in [5.74, 6) is -2.28. The molecule has 0 rings (SSSR count). The third-order valence-electron chi connectivity index (χ3n) is 14.1. The van der Waals surface area contributed by atoms with Crippen molar-refractivity contribution in [1.29, 1.82) is 0 Å². The lowest BCUT2D eigenvalue weighted by Gasteiger charge is -2.26. The van der Waals surface area contributed by atoms with Crippen molar-refractivity contribution in [3.8, 4) is 0 Å². The third kappa shape index (κ3) is 61.9.